The van der Waals surface area contributed by atoms with Gasteiger partial charge in [0.05, 0.1) is 23.3 Å². The van der Waals surface area contributed by atoms with Gasteiger partial charge in [-0.05, 0) is 36.8 Å². The van der Waals surface area contributed by atoms with Crippen molar-refractivity contribution in [2.24, 2.45) is 0 Å². The molecule has 0 aliphatic carbocycles. The van der Waals surface area contributed by atoms with Gasteiger partial charge in [-0.3, -0.25) is 4.79 Å². The van der Waals surface area contributed by atoms with E-state index >= 15 is 0 Å². The Hall–Kier alpha value is -2.65. The van der Waals surface area contributed by atoms with Crippen LogP contribution in [0.4, 0.5) is 0 Å². The summed E-state index contributed by atoms with van der Waals surface area (Å²) in [5, 5.41) is 2.57. The number of amides is 1. The maximum absolute atomic E-state index is 12.3. The van der Waals surface area contributed by atoms with Gasteiger partial charge in [-0.1, -0.05) is 13.0 Å². The summed E-state index contributed by atoms with van der Waals surface area (Å²) in [7, 11) is -3.83. The fraction of sp³-hybridized carbons (Fsp3) is 0.294. The van der Waals surface area contributed by atoms with Crippen molar-refractivity contribution in [2.45, 2.75) is 24.8 Å². The van der Waals surface area contributed by atoms with E-state index in [-0.39, 0.29) is 17.0 Å². The third kappa shape index (κ3) is 5.71. The zero-order valence-corrected chi connectivity index (χ0v) is 15.0. The van der Waals surface area contributed by atoms with Gasteiger partial charge in [0.25, 0.3) is 5.91 Å². The Labute approximate surface area is 151 Å². The van der Waals surface area contributed by atoms with E-state index in [0.717, 1.165) is 6.42 Å². The van der Waals surface area contributed by atoms with Crippen molar-refractivity contribution in [1.29, 1.82) is 0 Å². The number of hydrogen-bond donors (Lipinski definition) is 2. The quantitative estimate of drug-likeness (QED) is 0.636. The van der Waals surface area contributed by atoms with Crippen LogP contribution in [0.3, 0.4) is 0 Å². The highest BCUT2D eigenvalue weighted by Crippen LogP contribution is 2.13. The maximum Gasteiger partial charge on any atom is 0.338 e. The monoisotopic (exact) mass is 380 g/mol. The number of sulfonamides is 1. The lowest BCUT2D eigenvalue weighted by atomic mass is 10.2. The van der Waals surface area contributed by atoms with Crippen molar-refractivity contribution < 1.29 is 27.2 Å². The molecule has 140 valence electrons. The fourth-order valence-electron chi connectivity index (χ4n) is 1.98. The summed E-state index contributed by atoms with van der Waals surface area (Å²) in [4.78, 5) is 23.4. The van der Waals surface area contributed by atoms with Crippen LogP contribution in [0.25, 0.3) is 0 Å². The highest BCUT2D eigenvalue weighted by Gasteiger charge is 2.17. The third-order valence-electron chi connectivity index (χ3n) is 3.30. The summed E-state index contributed by atoms with van der Waals surface area (Å²) >= 11 is 0. The summed E-state index contributed by atoms with van der Waals surface area (Å²) in [6, 6.07) is 8.68. The Morgan fingerprint density at radius 1 is 1.19 bits per heavy atom. The maximum atomic E-state index is 12.3. The molecule has 0 aliphatic rings. The minimum absolute atomic E-state index is 0.0123. The van der Waals surface area contributed by atoms with Gasteiger partial charge in [-0.15, -0.1) is 0 Å². The molecule has 8 nitrogen and oxygen atoms in total. The molecule has 2 rings (SSSR count). The van der Waals surface area contributed by atoms with Crippen molar-refractivity contribution in [3.05, 3.63) is 54.0 Å². The molecule has 26 heavy (non-hydrogen) atoms. The molecule has 0 atom stereocenters. The van der Waals surface area contributed by atoms with Gasteiger partial charge in [-0.25, -0.2) is 17.9 Å². The van der Waals surface area contributed by atoms with E-state index in [9.17, 15) is 18.0 Å². The highest BCUT2D eigenvalue weighted by molar-refractivity contribution is 7.89. The van der Waals surface area contributed by atoms with Crippen LogP contribution in [0.1, 0.15) is 29.5 Å². The molecule has 2 aromatic rings. The molecule has 0 saturated heterocycles. The van der Waals surface area contributed by atoms with Crippen molar-refractivity contribution in [3.8, 4) is 0 Å². The zero-order chi connectivity index (χ0) is 19.0. The number of rotatable bonds is 9. The Bertz CT molecular complexity index is 846. The summed E-state index contributed by atoms with van der Waals surface area (Å²) in [6.45, 7) is 1.96. The average molecular weight is 380 g/mol. The van der Waals surface area contributed by atoms with E-state index in [2.05, 4.69) is 10.0 Å². The lowest BCUT2D eigenvalue weighted by Gasteiger charge is -2.08. The molecule has 0 aliphatic heterocycles. The van der Waals surface area contributed by atoms with E-state index in [0.29, 0.717) is 12.3 Å². The molecule has 0 radical (unpaired) electrons. The van der Waals surface area contributed by atoms with Crippen LogP contribution in [0.15, 0.2) is 52.0 Å². The lowest BCUT2D eigenvalue weighted by Crippen LogP contribution is -2.29. The summed E-state index contributed by atoms with van der Waals surface area (Å²) in [6.07, 6.45) is 2.21. The largest absolute Gasteiger partial charge is 0.468 e. The van der Waals surface area contributed by atoms with Gasteiger partial charge in [-0.2, -0.15) is 0 Å². The fourth-order valence-corrected chi connectivity index (χ4v) is 3.02. The van der Waals surface area contributed by atoms with Crippen LogP contribution in [-0.2, 0) is 26.1 Å². The van der Waals surface area contributed by atoms with Crippen molar-refractivity contribution in [3.63, 3.8) is 0 Å². The number of ether oxygens (including phenoxy) is 1. The second-order valence-corrected chi connectivity index (χ2v) is 7.12. The summed E-state index contributed by atoms with van der Waals surface area (Å²) in [5.74, 6) is -0.731. The van der Waals surface area contributed by atoms with Gasteiger partial charge < -0.3 is 14.5 Å². The van der Waals surface area contributed by atoms with Gasteiger partial charge in [0.15, 0.2) is 6.61 Å². The van der Waals surface area contributed by atoms with Gasteiger partial charge in [0.2, 0.25) is 10.0 Å². The molecule has 0 spiro atoms. The SMILES string of the molecule is CCCNC(=O)COC(=O)c1cccc(S(=O)(=O)NCc2ccco2)c1. The van der Waals surface area contributed by atoms with Crippen LogP contribution in [0.5, 0.6) is 0 Å². The number of hydrogen-bond acceptors (Lipinski definition) is 6. The number of benzene rings is 1. The number of esters is 1. The van der Waals surface area contributed by atoms with E-state index in [4.69, 9.17) is 9.15 Å². The molecule has 2 N–H and O–H groups in total. The van der Waals surface area contributed by atoms with Crippen LogP contribution < -0.4 is 10.0 Å². The van der Waals surface area contributed by atoms with Crippen molar-refractivity contribution >= 4 is 21.9 Å². The van der Waals surface area contributed by atoms with E-state index in [1.165, 1.54) is 30.5 Å². The summed E-state index contributed by atoms with van der Waals surface area (Å²) < 4.78 is 37.0. The first-order valence-corrected chi connectivity index (χ1v) is 9.46. The molecule has 1 aromatic carbocycles. The number of carbonyl (C=O) groups is 2. The van der Waals surface area contributed by atoms with Crippen LogP contribution >= 0.6 is 0 Å². The highest BCUT2D eigenvalue weighted by atomic mass is 32.2. The first kappa shape index (κ1) is 19.7. The molecule has 1 aromatic heterocycles. The Kier molecular flexibility index (Phi) is 6.93. The first-order chi connectivity index (χ1) is 12.4. The minimum Gasteiger partial charge on any atom is -0.468 e. The molecule has 1 heterocycles. The second-order valence-electron chi connectivity index (χ2n) is 5.36. The minimum atomic E-state index is -3.83. The van der Waals surface area contributed by atoms with E-state index in [1.54, 1.807) is 12.1 Å². The normalized spacial score (nSPS) is 11.1. The molecule has 9 heteroatoms. The van der Waals surface area contributed by atoms with E-state index in [1.807, 2.05) is 6.92 Å². The second kappa shape index (κ2) is 9.16. The average Bonchev–Trinajstić information content (AvgIpc) is 3.16. The molecular formula is C17H20N2O6S. The Morgan fingerprint density at radius 2 is 2.00 bits per heavy atom. The van der Waals surface area contributed by atoms with Crippen LogP contribution in [0, 0.1) is 0 Å². The Balaban J connectivity index is 1.99. The Morgan fingerprint density at radius 3 is 2.69 bits per heavy atom. The molecule has 0 fully saturated rings. The molecule has 1 amide bonds. The van der Waals surface area contributed by atoms with E-state index < -0.39 is 28.5 Å². The molecular weight excluding hydrogens is 360 g/mol. The molecule has 0 bridgehead atoms. The smallest absolute Gasteiger partial charge is 0.338 e. The van der Waals surface area contributed by atoms with Gasteiger partial charge in [0, 0.05) is 6.54 Å². The van der Waals surface area contributed by atoms with Crippen molar-refractivity contribution in [1.82, 2.24) is 10.0 Å². The predicted molar refractivity (Wildman–Crippen MR) is 92.8 cm³/mol. The first-order valence-electron chi connectivity index (χ1n) is 7.98. The molecule has 0 saturated carbocycles. The van der Waals surface area contributed by atoms with Crippen LogP contribution in [-0.4, -0.2) is 33.4 Å². The zero-order valence-electron chi connectivity index (χ0n) is 14.2. The van der Waals surface area contributed by atoms with Crippen LogP contribution in [0.2, 0.25) is 0 Å². The van der Waals surface area contributed by atoms with Gasteiger partial charge >= 0.3 is 5.97 Å². The summed E-state index contributed by atoms with van der Waals surface area (Å²) in [5.41, 5.74) is 0.0363. The standard InChI is InChI=1S/C17H20N2O6S/c1-2-8-18-16(20)12-25-17(21)13-5-3-7-15(10-13)26(22,23)19-11-14-6-4-9-24-14/h3-7,9-10,19H,2,8,11-12H2,1H3,(H,18,20). The predicted octanol–water partition coefficient (Wildman–Crippen LogP) is 1.44. The van der Waals surface area contributed by atoms with Gasteiger partial charge in [0.1, 0.15) is 5.76 Å². The van der Waals surface area contributed by atoms with Crippen molar-refractivity contribution in [2.75, 3.05) is 13.2 Å². The number of carbonyl (C=O) groups excluding carboxylic acids is 2. The third-order valence-corrected chi connectivity index (χ3v) is 4.70. The number of nitrogens with one attached hydrogen (secondary N) is 2. The molecule has 0 unspecified atom stereocenters. The lowest BCUT2D eigenvalue weighted by molar-refractivity contribution is -0.124. The topological polar surface area (TPSA) is 115 Å². The number of furan rings is 1.